The average Bonchev–Trinajstić information content (AvgIpc) is 3.10. The van der Waals surface area contributed by atoms with Crippen LogP contribution in [0.15, 0.2) is 41.9 Å². The van der Waals surface area contributed by atoms with Crippen molar-refractivity contribution in [2.75, 3.05) is 26.7 Å². The predicted octanol–water partition coefficient (Wildman–Crippen LogP) is 4.57. The van der Waals surface area contributed by atoms with E-state index < -0.39 is 0 Å². The molecule has 5 nitrogen and oxygen atoms in total. The third-order valence-corrected chi connectivity index (χ3v) is 5.15. The van der Waals surface area contributed by atoms with E-state index in [4.69, 9.17) is 4.99 Å². The molecule has 1 amide bonds. The molecule has 1 fully saturated rings. The quantitative estimate of drug-likeness (QED) is 0.155. The van der Waals surface area contributed by atoms with Crippen molar-refractivity contribution in [3.05, 3.63) is 48.0 Å². The summed E-state index contributed by atoms with van der Waals surface area (Å²) in [7, 11) is 2.10. The molecule has 1 aliphatic rings. The number of carbonyl (C=O) groups excluding carboxylic acids is 1. The molecular formula is C23H37IN4O. The van der Waals surface area contributed by atoms with E-state index in [0.29, 0.717) is 19.5 Å². The molecule has 0 aromatic heterocycles. The van der Waals surface area contributed by atoms with Gasteiger partial charge in [-0.1, -0.05) is 36.8 Å². The van der Waals surface area contributed by atoms with Crippen LogP contribution in [-0.2, 0) is 17.9 Å². The molecule has 1 heterocycles. The Morgan fingerprint density at radius 2 is 2.03 bits per heavy atom. The number of likely N-dealkylation sites (tertiary alicyclic amines) is 1. The Hall–Kier alpha value is -1.57. The van der Waals surface area contributed by atoms with Crippen LogP contribution in [0.1, 0.15) is 56.6 Å². The van der Waals surface area contributed by atoms with E-state index >= 15 is 0 Å². The summed E-state index contributed by atoms with van der Waals surface area (Å²) >= 11 is 0. The van der Waals surface area contributed by atoms with Crippen molar-refractivity contribution in [1.82, 2.24) is 15.1 Å². The fraction of sp³-hybridized carbons (Fsp3) is 0.565. The minimum Gasteiger partial charge on any atom is -0.357 e. The van der Waals surface area contributed by atoms with Crippen molar-refractivity contribution in [3.8, 4) is 0 Å². The van der Waals surface area contributed by atoms with Gasteiger partial charge in [-0.25, -0.2) is 4.99 Å². The molecule has 29 heavy (non-hydrogen) atoms. The van der Waals surface area contributed by atoms with E-state index in [0.717, 1.165) is 44.9 Å². The number of hydrogen-bond acceptors (Lipinski definition) is 2. The van der Waals surface area contributed by atoms with Crippen LogP contribution in [0.5, 0.6) is 0 Å². The van der Waals surface area contributed by atoms with Crippen LogP contribution in [0.4, 0.5) is 0 Å². The van der Waals surface area contributed by atoms with Crippen LogP contribution in [0.3, 0.4) is 0 Å². The highest BCUT2D eigenvalue weighted by atomic mass is 127. The number of carbonyl (C=O) groups is 1. The van der Waals surface area contributed by atoms with Gasteiger partial charge in [0.2, 0.25) is 5.91 Å². The Kier molecular flexibility index (Phi) is 12.7. The molecule has 0 aliphatic carbocycles. The van der Waals surface area contributed by atoms with Crippen molar-refractivity contribution >= 4 is 35.8 Å². The largest absolute Gasteiger partial charge is 0.357 e. The summed E-state index contributed by atoms with van der Waals surface area (Å²) in [4.78, 5) is 21.0. The Morgan fingerprint density at radius 1 is 1.28 bits per heavy atom. The zero-order valence-electron chi connectivity index (χ0n) is 18.0. The minimum absolute atomic E-state index is 0. The standard InChI is InChI=1S/C23H36N4O.HI/c1-4-6-7-8-11-16-26(3)23(24-5-2)25-18-20-13-9-10-14-21(20)19-27-17-12-15-22(27)28;/h4,9-10,13-14H,1,5-8,11-12,15-19H2,2-3H3,(H,24,25);1H. The number of amides is 1. The number of rotatable bonds is 11. The van der Waals surface area contributed by atoms with Gasteiger partial charge in [-0.05, 0) is 43.7 Å². The maximum atomic E-state index is 12.0. The van der Waals surface area contributed by atoms with Crippen LogP contribution in [0.2, 0.25) is 0 Å². The van der Waals surface area contributed by atoms with Gasteiger partial charge >= 0.3 is 0 Å². The fourth-order valence-corrected chi connectivity index (χ4v) is 3.49. The van der Waals surface area contributed by atoms with E-state index in [-0.39, 0.29) is 29.9 Å². The third kappa shape index (κ3) is 8.76. The average molecular weight is 512 g/mol. The third-order valence-electron chi connectivity index (χ3n) is 5.15. The number of hydrogen-bond donors (Lipinski definition) is 1. The summed E-state index contributed by atoms with van der Waals surface area (Å²) in [6, 6.07) is 8.34. The summed E-state index contributed by atoms with van der Waals surface area (Å²) in [5, 5.41) is 3.40. The molecule has 0 bridgehead atoms. The molecule has 1 aromatic carbocycles. The molecule has 0 atom stereocenters. The molecule has 1 aliphatic heterocycles. The zero-order valence-corrected chi connectivity index (χ0v) is 20.4. The Morgan fingerprint density at radius 3 is 2.69 bits per heavy atom. The fourth-order valence-electron chi connectivity index (χ4n) is 3.49. The van der Waals surface area contributed by atoms with Crippen LogP contribution in [0.25, 0.3) is 0 Å². The van der Waals surface area contributed by atoms with Crippen molar-refractivity contribution in [3.63, 3.8) is 0 Å². The normalized spacial score (nSPS) is 13.9. The van der Waals surface area contributed by atoms with Crippen LogP contribution in [-0.4, -0.2) is 48.3 Å². The number of unbranched alkanes of at least 4 members (excludes halogenated alkanes) is 3. The predicted molar refractivity (Wildman–Crippen MR) is 133 cm³/mol. The lowest BCUT2D eigenvalue weighted by Gasteiger charge is -2.22. The Balaban J connectivity index is 0.00000420. The lowest BCUT2D eigenvalue weighted by atomic mass is 10.1. The van der Waals surface area contributed by atoms with E-state index in [1.54, 1.807) is 0 Å². The number of benzene rings is 1. The topological polar surface area (TPSA) is 47.9 Å². The summed E-state index contributed by atoms with van der Waals surface area (Å²) in [6.07, 6.45) is 8.30. The van der Waals surface area contributed by atoms with Gasteiger partial charge in [0, 0.05) is 39.6 Å². The van der Waals surface area contributed by atoms with E-state index in [2.05, 4.69) is 49.0 Å². The van der Waals surface area contributed by atoms with E-state index in [1.807, 2.05) is 17.0 Å². The maximum absolute atomic E-state index is 12.0. The molecule has 162 valence electrons. The van der Waals surface area contributed by atoms with Gasteiger partial charge in [0.15, 0.2) is 5.96 Å². The van der Waals surface area contributed by atoms with Gasteiger partial charge in [-0.15, -0.1) is 30.6 Å². The van der Waals surface area contributed by atoms with Gasteiger partial charge in [-0.3, -0.25) is 4.79 Å². The van der Waals surface area contributed by atoms with Crippen molar-refractivity contribution in [2.45, 2.75) is 58.5 Å². The molecule has 2 rings (SSSR count). The lowest BCUT2D eigenvalue weighted by molar-refractivity contribution is -0.128. The summed E-state index contributed by atoms with van der Waals surface area (Å²) in [5.41, 5.74) is 2.39. The first-order valence-corrected chi connectivity index (χ1v) is 10.6. The van der Waals surface area contributed by atoms with Gasteiger partial charge < -0.3 is 15.1 Å². The maximum Gasteiger partial charge on any atom is 0.222 e. The summed E-state index contributed by atoms with van der Waals surface area (Å²) < 4.78 is 0. The van der Waals surface area contributed by atoms with Gasteiger partial charge in [0.25, 0.3) is 0 Å². The molecule has 1 aromatic rings. The smallest absolute Gasteiger partial charge is 0.222 e. The molecular weight excluding hydrogens is 475 g/mol. The molecule has 0 spiro atoms. The summed E-state index contributed by atoms with van der Waals surface area (Å²) in [6.45, 7) is 9.91. The van der Waals surface area contributed by atoms with Crippen molar-refractivity contribution in [1.29, 1.82) is 0 Å². The van der Waals surface area contributed by atoms with Crippen LogP contribution < -0.4 is 5.32 Å². The SMILES string of the molecule is C=CCCCCCN(C)C(=NCc1ccccc1CN1CCCC1=O)NCC.I. The van der Waals surface area contributed by atoms with Gasteiger partial charge in [-0.2, -0.15) is 0 Å². The highest BCUT2D eigenvalue weighted by molar-refractivity contribution is 14.0. The number of nitrogens with one attached hydrogen (secondary N) is 1. The summed E-state index contributed by atoms with van der Waals surface area (Å²) in [5.74, 6) is 1.21. The first-order chi connectivity index (χ1) is 13.7. The van der Waals surface area contributed by atoms with Gasteiger partial charge in [0.05, 0.1) is 6.54 Å². The molecule has 0 radical (unpaired) electrons. The molecule has 6 heteroatoms. The van der Waals surface area contributed by atoms with Crippen molar-refractivity contribution in [2.24, 2.45) is 4.99 Å². The Bertz CT molecular complexity index is 662. The molecule has 1 saturated heterocycles. The van der Waals surface area contributed by atoms with E-state index in [9.17, 15) is 4.79 Å². The number of allylic oxidation sites excluding steroid dienone is 1. The van der Waals surface area contributed by atoms with Crippen molar-refractivity contribution < 1.29 is 4.79 Å². The number of nitrogens with zero attached hydrogens (tertiary/aromatic N) is 3. The Labute approximate surface area is 193 Å². The molecule has 0 saturated carbocycles. The highest BCUT2D eigenvalue weighted by Crippen LogP contribution is 2.18. The second-order valence-electron chi connectivity index (χ2n) is 7.42. The highest BCUT2D eigenvalue weighted by Gasteiger charge is 2.20. The van der Waals surface area contributed by atoms with Crippen LogP contribution >= 0.6 is 24.0 Å². The number of guanidine groups is 1. The number of aliphatic imine (C=N–C) groups is 1. The second-order valence-corrected chi connectivity index (χ2v) is 7.42. The second kappa shape index (κ2) is 14.4. The van der Waals surface area contributed by atoms with Gasteiger partial charge in [0.1, 0.15) is 0 Å². The zero-order chi connectivity index (χ0) is 20.2. The minimum atomic E-state index is 0. The molecule has 0 unspecified atom stereocenters. The first kappa shape index (κ1) is 25.5. The molecule has 1 N–H and O–H groups in total. The van der Waals surface area contributed by atoms with E-state index in [1.165, 1.54) is 24.0 Å². The lowest BCUT2D eigenvalue weighted by Crippen LogP contribution is -2.39. The van der Waals surface area contributed by atoms with Crippen LogP contribution in [0, 0.1) is 0 Å². The first-order valence-electron chi connectivity index (χ1n) is 10.6. The number of halogens is 1. The monoisotopic (exact) mass is 512 g/mol.